The van der Waals surface area contributed by atoms with Crippen LogP contribution in [0.1, 0.15) is 29.9 Å². The number of carbonyl (C=O) groups is 2. The molecule has 0 aliphatic carbocycles. The van der Waals surface area contributed by atoms with Gasteiger partial charge in [0.1, 0.15) is 6.61 Å². The minimum atomic E-state index is -0.824. The second-order valence-electron chi connectivity index (χ2n) is 5.83. The smallest absolute Gasteiger partial charge is 0.414 e. The second-order valence-corrected chi connectivity index (χ2v) is 5.83. The number of rotatable bonds is 4. The van der Waals surface area contributed by atoms with Crippen LogP contribution in [0.5, 0.6) is 0 Å². The molecule has 1 amide bonds. The Kier molecular flexibility index (Phi) is 4.79. The van der Waals surface area contributed by atoms with Gasteiger partial charge < -0.3 is 9.84 Å². The number of benzene rings is 2. The summed E-state index contributed by atoms with van der Waals surface area (Å²) < 4.78 is 5.41. The lowest BCUT2D eigenvalue weighted by molar-refractivity contribution is -0.137. The summed E-state index contributed by atoms with van der Waals surface area (Å²) in [5.41, 5.74) is 2.57. The minimum Gasteiger partial charge on any atom is -0.481 e. The molecule has 2 aromatic carbocycles. The number of para-hydroxylation sites is 1. The fourth-order valence-electron chi connectivity index (χ4n) is 3.05. The van der Waals surface area contributed by atoms with E-state index in [1.54, 1.807) is 4.90 Å². The van der Waals surface area contributed by atoms with Crippen molar-refractivity contribution in [1.82, 2.24) is 0 Å². The number of carbonyl (C=O) groups excluding carboxylic acids is 1. The molecule has 0 saturated heterocycles. The maximum absolute atomic E-state index is 12.5. The number of fused-ring (bicyclic) bond motifs is 1. The van der Waals surface area contributed by atoms with Crippen molar-refractivity contribution in [3.05, 3.63) is 65.7 Å². The predicted molar refractivity (Wildman–Crippen MR) is 90.0 cm³/mol. The molecule has 1 aliphatic heterocycles. The quantitative estimate of drug-likeness (QED) is 0.928. The summed E-state index contributed by atoms with van der Waals surface area (Å²) in [5.74, 6) is -0.896. The van der Waals surface area contributed by atoms with E-state index in [2.05, 4.69) is 0 Å². The molecule has 3 rings (SSSR count). The van der Waals surface area contributed by atoms with Crippen molar-refractivity contribution < 1.29 is 19.4 Å². The molecule has 0 spiro atoms. The van der Waals surface area contributed by atoms with Crippen LogP contribution in [0.3, 0.4) is 0 Å². The summed E-state index contributed by atoms with van der Waals surface area (Å²) in [6.45, 7) is 0.680. The number of carboxylic acid groups (broad SMARTS) is 1. The zero-order valence-electron chi connectivity index (χ0n) is 13.2. The number of carboxylic acids is 1. The first-order chi connectivity index (χ1) is 11.6. The van der Waals surface area contributed by atoms with Crippen molar-refractivity contribution in [3.8, 4) is 0 Å². The van der Waals surface area contributed by atoms with Crippen LogP contribution in [0.2, 0.25) is 0 Å². The molecule has 1 N–H and O–H groups in total. The van der Waals surface area contributed by atoms with Crippen LogP contribution in [-0.4, -0.2) is 23.7 Å². The van der Waals surface area contributed by atoms with E-state index in [4.69, 9.17) is 9.84 Å². The molecule has 1 heterocycles. The van der Waals surface area contributed by atoms with Crippen molar-refractivity contribution in [1.29, 1.82) is 0 Å². The highest BCUT2D eigenvalue weighted by Gasteiger charge is 2.30. The highest BCUT2D eigenvalue weighted by Crippen LogP contribution is 2.37. The van der Waals surface area contributed by atoms with Crippen molar-refractivity contribution in [2.45, 2.75) is 25.4 Å². The molecule has 1 aliphatic rings. The number of ether oxygens (including phenoxy) is 1. The molecule has 5 nitrogen and oxygen atoms in total. The van der Waals surface area contributed by atoms with Gasteiger partial charge in [0, 0.05) is 6.54 Å². The van der Waals surface area contributed by atoms with Crippen LogP contribution in [0, 0.1) is 0 Å². The number of hydrogen-bond acceptors (Lipinski definition) is 3. The van der Waals surface area contributed by atoms with Crippen molar-refractivity contribution >= 4 is 17.7 Å². The lowest BCUT2D eigenvalue weighted by atomic mass is 9.87. The van der Waals surface area contributed by atoms with Gasteiger partial charge in [-0.25, -0.2) is 4.79 Å². The van der Waals surface area contributed by atoms with Gasteiger partial charge in [0.2, 0.25) is 0 Å². The van der Waals surface area contributed by atoms with E-state index < -0.39 is 12.1 Å². The third-order valence-corrected chi connectivity index (χ3v) is 4.22. The van der Waals surface area contributed by atoms with E-state index in [-0.39, 0.29) is 18.9 Å². The van der Waals surface area contributed by atoms with Crippen LogP contribution < -0.4 is 4.90 Å². The zero-order chi connectivity index (χ0) is 16.9. The van der Waals surface area contributed by atoms with Crippen LogP contribution in [0.4, 0.5) is 10.5 Å². The van der Waals surface area contributed by atoms with Gasteiger partial charge in [-0.2, -0.15) is 0 Å². The van der Waals surface area contributed by atoms with E-state index in [0.717, 1.165) is 16.8 Å². The number of aliphatic carboxylic acids is 1. The SMILES string of the molecule is O=C(O)CC1CCN(C(=O)OCc2ccccc2)c2ccccc21. The molecule has 5 heteroatoms. The molecule has 1 atom stereocenters. The normalized spacial score (nSPS) is 16.3. The molecule has 1 unspecified atom stereocenters. The first-order valence-electron chi connectivity index (χ1n) is 7.94. The fourth-order valence-corrected chi connectivity index (χ4v) is 3.05. The van der Waals surface area contributed by atoms with Gasteiger partial charge in [0.15, 0.2) is 0 Å². The molecular formula is C19H19NO4. The number of anilines is 1. The summed E-state index contributed by atoms with van der Waals surface area (Å²) in [7, 11) is 0. The Balaban J connectivity index is 1.74. The van der Waals surface area contributed by atoms with Crippen molar-refractivity contribution in [2.75, 3.05) is 11.4 Å². The Morgan fingerprint density at radius 1 is 1.08 bits per heavy atom. The Hall–Kier alpha value is -2.82. The van der Waals surface area contributed by atoms with Crippen LogP contribution in [0.15, 0.2) is 54.6 Å². The summed E-state index contributed by atoms with van der Waals surface area (Å²) in [4.78, 5) is 25.1. The number of nitrogens with zero attached hydrogens (tertiary/aromatic N) is 1. The first-order valence-corrected chi connectivity index (χ1v) is 7.94. The molecular weight excluding hydrogens is 306 g/mol. The highest BCUT2D eigenvalue weighted by molar-refractivity contribution is 5.89. The maximum Gasteiger partial charge on any atom is 0.414 e. The van der Waals surface area contributed by atoms with Gasteiger partial charge in [-0.15, -0.1) is 0 Å². The Labute approximate surface area is 140 Å². The molecule has 2 aromatic rings. The molecule has 0 aromatic heterocycles. The average Bonchev–Trinajstić information content (AvgIpc) is 2.60. The van der Waals surface area contributed by atoms with Gasteiger partial charge in [-0.1, -0.05) is 48.5 Å². The number of hydrogen-bond donors (Lipinski definition) is 1. The minimum absolute atomic E-state index is 0.0723. The van der Waals surface area contributed by atoms with E-state index in [0.29, 0.717) is 13.0 Å². The van der Waals surface area contributed by atoms with Gasteiger partial charge >= 0.3 is 12.1 Å². The molecule has 0 saturated carbocycles. The van der Waals surface area contributed by atoms with E-state index >= 15 is 0 Å². The van der Waals surface area contributed by atoms with E-state index in [1.165, 1.54) is 0 Å². The van der Waals surface area contributed by atoms with Crippen molar-refractivity contribution in [3.63, 3.8) is 0 Å². The van der Waals surface area contributed by atoms with Crippen LogP contribution >= 0.6 is 0 Å². The van der Waals surface area contributed by atoms with E-state index in [9.17, 15) is 9.59 Å². The standard InChI is InChI=1S/C19H19NO4/c21-18(22)12-15-10-11-20(17-9-5-4-8-16(15)17)19(23)24-13-14-6-2-1-3-7-14/h1-9,15H,10-13H2,(H,21,22). The predicted octanol–water partition coefficient (Wildman–Crippen LogP) is 3.79. The molecule has 24 heavy (non-hydrogen) atoms. The van der Waals surface area contributed by atoms with Crippen LogP contribution in [0.25, 0.3) is 0 Å². The van der Waals surface area contributed by atoms with Gasteiger partial charge in [-0.3, -0.25) is 9.69 Å². The lowest BCUT2D eigenvalue weighted by Gasteiger charge is -2.33. The van der Waals surface area contributed by atoms with Gasteiger partial charge in [-0.05, 0) is 29.5 Å². The summed E-state index contributed by atoms with van der Waals surface area (Å²) in [6, 6.07) is 17.0. The lowest BCUT2D eigenvalue weighted by Crippen LogP contribution is -2.37. The Morgan fingerprint density at radius 2 is 1.79 bits per heavy atom. The third-order valence-electron chi connectivity index (χ3n) is 4.22. The number of amides is 1. The third kappa shape index (κ3) is 3.56. The second kappa shape index (κ2) is 7.17. The highest BCUT2D eigenvalue weighted by atomic mass is 16.6. The van der Waals surface area contributed by atoms with E-state index in [1.807, 2.05) is 54.6 Å². The maximum atomic E-state index is 12.5. The summed E-state index contributed by atoms with van der Waals surface area (Å²) in [6.07, 6.45) is 0.285. The van der Waals surface area contributed by atoms with Gasteiger partial charge in [0.25, 0.3) is 0 Å². The monoisotopic (exact) mass is 325 g/mol. The fraction of sp³-hybridized carbons (Fsp3) is 0.263. The largest absolute Gasteiger partial charge is 0.481 e. The molecule has 0 radical (unpaired) electrons. The van der Waals surface area contributed by atoms with Crippen LogP contribution in [-0.2, 0) is 16.1 Å². The Bertz CT molecular complexity index is 729. The van der Waals surface area contributed by atoms with Crippen molar-refractivity contribution in [2.24, 2.45) is 0 Å². The molecule has 0 bridgehead atoms. The summed E-state index contributed by atoms with van der Waals surface area (Å²) in [5, 5.41) is 9.07. The van der Waals surface area contributed by atoms with Gasteiger partial charge in [0.05, 0.1) is 12.1 Å². The summed E-state index contributed by atoms with van der Waals surface area (Å²) >= 11 is 0. The average molecular weight is 325 g/mol. The Morgan fingerprint density at radius 3 is 2.54 bits per heavy atom. The molecule has 124 valence electrons. The molecule has 0 fully saturated rings. The zero-order valence-corrected chi connectivity index (χ0v) is 13.2. The topological polar surface area (TPSA) is 66.8 Å². The first kappa shape index (κ1) is 16.1.